The summed E-state index contributed by atoms with van der Waals surface area (Å²) >= 11 is 1.13. The number of alkyl halides is 3. The molecule has 0 N–H and O–H groups in total. The third kappa shape index (κ3) is 2.81. The largest absolute Gasteiger partial charge is 0.573 e. The minimum Gasteiger partial charge on any atom is -0.405 e. The van der Waals surface area contributed by atoms with E-state index in [9.17, 15) is 13.2 Å². The van der Waals surface area contributed by atoms with Gasteiger partial charge in [0, 0.05) is 0 Å². The first kappa shape index (κ1) is 12.5. The topological polar surface area (TPSA) is 22.1 Å². The maximum atomic E-state index is 12.2. The fourth-order valence-electron chi connectivity index (χ4n) is 1.32. The van der Waals surface area contributed by atoms with Crippen LogP contribution in [-0.2, 0) is 0 Å². The second-order valence-electron chi connectivity index (χ2n) is 3.22. The summed E-state index contributed by atoms with van der Waals surface area (Å²) in [4.78, 5) is 4.52. The molecule has 0 bridgehead atoms. The molecule has 2 aromatic rings. The fraction of sp³-hybridized carbons (Fsp3) is 0.0833. The Kier molecular flexibility index (Phi) is 3.26. The Bertz CT molecular complexity index is 598. The van der Waals surface area contributed by atoms with Gasteiger partial charge in [0.15, 0.2) is 0 Å². The first-order chi connectivity index (χ1) is 8.49. The summed E-state index contributed by atoms with van der Waals surface area (Å²) in [6.07, 6.45) is 1.89. The van der Waals surface area contributed by atoms with Crippen LogP contribution in [0, 0.1) is 12.3 Å². The van der Waals surface area contributed by atoms with E-state index in [1.54, 1.807) is 6.07 Å². The molecule has 1 heterocycles. The van der Waals surface area contributed by atoms with Gasteiger partial charge in [-0.15, -0.1) is 30.9 Å². The van der Waals surface area contributed by atoms with Gasteiger partial charge in [0.2, 0.25) is 0 Å². The van der Waals surface area contributed by atoms with Gasteiger partial charge in [0.25, 0.3) is 0 Å². The quantitative estimate of drug-likeness (QED) is 0.776. The summed E-state index contributed by atoms with van der Waals surface area (Å²) in [5.74, 6) is 2.09. The van der Waals surface area contributed by atoms with Gasteiger partial charge < -0.3 is 4.74 Å². The highest BCUT2D eigenvalue weighted by molar-refractivity contribution is 7.15. The molecule has 2 rings (SSSR count). The van der Waals surface area contributed by atoms with Crippen molar-refractivity contribution in [3.8, 4) is 28.7 Å². The third-order valence-corrected chi connectivity index (χ3v) is 2.95. The van der Waals surface area contributed by atoms with Crippen LogP contribution < -0.4 is 4.74 Å². The Morgan fingerprint density at radius 3 is 2.61 bits per heavy atom. The summed E-state index contributed by atoms with van der Waals surface area (Å²) in [5.41, 5.74) is 0.265. The van der Waals surface area contributed by atoms with Gasteiger partial charge in [-0.05, 0) is 12.1 Å². The van der Waals surface area contributed by atoms with Crippen LogP contribution in [0.5, 0.6) is 5.75 Å². The molecular formula is C12H6F3NOS. The van der Waals surface area contributed by atoms with Crippen molar-refractivity contribution in [2.24, 2.45) is 0 Å². The minimum atomic E-state index is -4.73. The van der Waals surface area contributed by atoms with Gasteiger partial charge in [-0.1, -0.05) is 18.1 Å². The van der Waals surface area contributed by atoms with Crippen molar-refractivity contribution in [3.63, 3.8) is 0 Å². The zero-order valence-electron chi connectivity index (χ0n) is 8.86. The molecule has 0 spiro atoms. The van der Waals surface area contributed by atoms with Crippen LogP contribution in [0.4, 0.5) is 13.2 Å². The van der Waals surface area contributed by atoms with Crippen molar-refractivity contribution in [2.75, 3.05) is 0 Å². The molecule has 92 valence electrons. The van der Waals surface area contributed by atoms with Gasteiger partial charge in [-0.2, -0.15) is 0 Å². The Morgan fingerprint density at radius 2 is 2.00 bits per heavy atom. The summed E-state index contributed by atoms with van der Waals surface area (Å²) in [7, 11) is 0. The van der Waals surface area contributed by atoms with Crippen LogP contribution in [0.1, 0.15) is 4.88 Å². The predicted octanol–water partition coefficient (Wildman–Crippen LogP) is 3.69. The number of hydrogen-bond acceptors (Lipinski definition) is 3. The molecule has 0 aliphatic rings. The maximum absolute atomic E-state index is 12.2. The monoisotopic (exact) mass is 269 g/mol. The maximum Gasteiger partial charge on any atom is 0.573 e. The molecule has 0 unspecified atom stereocenters. The van der Waals surface area contributed by atoms with E-state index in [1.165, 1.54) is 24.4 Å². The molecular weight excluding hydrogens is 263 g/mol. The molecule has 0 saturated carbocycles. The highest BCUT2D eigenvalue weighted by Gasteiger charge is 2.32. The second-order valence-corrected chi connectivity index (χ2v) is 4.25. The molecule has 0 radical (unpaired) electrons. The number of nitrogens with zero attached hydrogens (tertiary/aromatic N) is 1. The Hall–Kier alpha value is -2.00. The van der Waals surface area contributed by atoms with Crippen LogP contribution in [0.15, 0.2) is 30.5 Å². The van der Waals surface area contributed by atoms with Crippen molar-refractivity contribution in [3.05, 3.63) is 35.3 Å². The summed E-state index contributed by atoms with van der Waals surface area (Å²) in [5, 5.41) is 0.391. The number of terminal acetylenes is 1. The molecule has 0 aliphatic carbocycles. The van der Waals surface area contributed by atoms with Gasteiger partial charge in [-0.3, -0.25) is 0 Å². The van der Waals surface area contributed by atoms with E-state index >= 15 is 0 Å². The van der Waals surface area contributed by atoms with Gasteiger partial charge in [0.05, 0.1) is 16.6 Å². The molecule has 18 heavy (non-hydrogen) atoms. The lowest BCUT2D eigenvalue weighted by atomic mass is 10.2. The van der Waals surface area contributed by atoms with E-state index in [0.29, 0.717) is 9.88 Å². The van der Waals surface area contributed by atoms with E-state index in [-0.39, 0.29) is 11.3 Å². The summed E-state index contributed by atoms with van der Waals surface area (Å²) in [6.45, 7) is 0. The van der Waals surface area contributed by atoms with E-state index in [2.05, 4.69) is 15.6 Å². The normalized spacial score (nSPS) is 11.0. The lowest BCUT2D eigenvalue weighted by Gasteiger charge is -2.11. The van der Waals surface area contributed by atoms with Crippen molar-refractivity contribution in [2.45, 2.75) is 6.36 Å². The van der Waals surface area contributed by atoms with Crippen LogP contribution in [0.2, 0.25) is 0 Å². The zero-order chi connectivity index (χ0) is 13.2. The van der Waals surface area contributed by atoms with Crippen molar-refractivity contribution in [1.82, 2.24) is 4.98 Å². The average Bonchev–Trinajstić information content (AvgIpc) is 2.76. The molecule has 0 saturated heterocycles. The molecule has 0 amide bonds. The molecule has 1 aromatic heterocycles. The van der Waals surface area contributed by atoms with Crippen LogP contribution in [0.25, 0.3) is 10.6 Å². The molecule has 0 fully saturated rings. The number of rotatable bonds is 2. The first-order valence-electron chi connectivity index (χ1n) is 4.77. The third-order valence-electron chi connectivity index (χ3n) is 1.99. The Morgan fingerprint density at radius 1 is 1.28 bits per heavy atom. The lowest BCUT2D eigenvalue weighted by molar-refractivity contribution is -0.274. The number of ether oxygens (including phenoxy) is 1. The summed E-state index contributed by atoms with van der Waals surface area (Å²) in [6, 6.07) is 5.80. The van der Waals surface area contributed by atoms with Gasteiger partial charge in [0.1, 0.15) is 10.8 Å². The predicted molar refractivity (Wildman–Crippen MR) is 62.2 cm³/mol. The number of thiazole rings is 1. The highest BCUT2D eigenvalue weighted by atomic mass is 32.1. The smallest absolute Gasteiger partial charge is 0.405 e. The summed E-state index contributed by atoms with van der Waals surface area (Å²) < 4.78 is 40.7. The number of halogens is 3. The van der Waals surface area contributed by atoms with E-state index in [0.717, 1.165) is 11.3 Å². The molecule has 0 atom stereocenters. The molecule has 6 heteroatoms. The number of benzene rings is 1. The van der Waals surface area contributed by atoms with Crippen molar-refractivity contribution in [1.29, 1.82) is 0 Å². The number of para-hydroxylation sites is 1. The van der Waals surface area contributed by atoms with Crippen molar-refractivity contribution < 1.29 is 17.9 Å². The average molecular weight is 269 g/mol. The number of aromatic nitrogens is 1. The molecule has 0 aliphatic heterocycles. The minimum absolute atomic E-state index is 0.265. The lowest BCUT2D eigenvalue weighted by Crippen LogP contribution is -2.17. The van der Waals surface area contributed by atoms with E-state index in [1.807, 2.05) is 0 Å². The van der Waals surface area contributed by atoms with Gasteiger partial charge in [-0.25, -0.2) is 4.98 Å². The Balaban J connectivity index is 2.42. The van der Waals surface area contributed by atoms with Crippen molar-refractivity contribution >= 4 is 11.3 Å². The Labute approximate surface area is 105 Å². The fourth-order valence-corrected chi connectivity index (χ4v) is 2.08. The second kappa shape index (κ2) is 4.70. The van der Waals surface area contributed by atoms with E-state index < -0.39 is 6.36 Å². The number of hydrogen-bond donors (Lipinski definition) is 0. The van der Waals surface area contributed by atoms with Crippen LogP contribution in [0.3, 0.4) is 0 Å². The standard InChI is InChI=1S/C12H6F3NOS/c1-2-8-7-16-11(18-8)9-5-3-4-6-10(9)17-12(13,14)15/h1,3-7H. The zero-order valence-corrected chi connectivity index (χ0v) is 9.68. The van der Waals surface area contributed by atoms with E-state index in [4.69, 9.17) is 6.42 Å². The van der Waals surface area contributed by atoms with Crippen LogP contribution in [-0.4, -0.2) is 11.3 Å². The SMILES string of the molecule is C#Cc1cnc(-c2ccccc2OC(F)(F)F)s1. The molecule has 1 aromatic carbocycles. The molecule has 2 nitrogen and oxygen atoms in total. The first-order valence-corrected chi connectivity index (χ1v) is 5.59. The van der Waals surface area contributed by atoms with Gasteiger partial charge >= 0.3 is 6.36 Å². The van der Waals surface area contributed by atoms with Crippen LogP contribution >= 0.6 is 11.3 Å². The highest BCUT2D eigenvalue weighted by Crippen LogP contribution is 2.35.